The van der Waals surface area contributed by atoms with Crippen LogP contribution in [0.1, 0.15) is 19.8 Å². The molecule has 1 aliphatic heterocycles. The van der Waals surface area contributed by atoms with E-state index in [1.807, 2.05) is 12.2 Å². The molecule has 2 aliphatic carbocycles. The summed E-state index contributed by atoms with van der Waals surface area (Å²) in [4.78, 5) is 36.4. The Morgan fingerprint density at radius 2 is 1.70 bits per heavy atom. The fourth-order valence-corrected chi connectivity index (χ4v) is 2.68. The first-order valence-electron chi connectivity index (χ1n) is 6.60. The zero-order valence-corrected chi connectivity index (χ0v) is 11.1. The Morgan fingerprint density at radius 3 is 2.30 bits per heavy atom. The third kappa shape index (κ3) is 1.93. The molecule has 1 unspecified atom stereocenters. The van der Waals surface area contributed by atoms with Crippen LogP contribution < -0.4 is 0 Å². The van der Waals surface area contributed by atoms with Gasteiger partial charge in [-0.25, -0.2) is 0 Å². The number of carbonyl (C=O) groups is 3. The summed E-state index contributed by atoms with van der Waals surface area (Å²) in [5, 5.41) is 0. The Labute approximate surface area is 116 Å². The summed E-state index contributed by atoms with van der Waals surface area (Å²) in [7, 11) is 0. The van der Waals surface area contributed by atoms with Gasteiger partial charge in [0.2, 0.25) is 0 Å². The van der Waals surface area contributed by atoms with Gasteiger partial charge in [-0.3, -0.25) is 14.4 Å². The molecule has 1 atom stereocenters. The van der Waals surface area contributed by atoms with Crippen molar-refractivity contribution in [3.8, 4) is 0 Å². The van der Waals surface area contributed by atoms with E-state index in [1.165, 1.54) is 6.92 Å². The van der Waals surface area contributed by atoms with E-state index in [0.717, 1.165) is 0 Å². The number of allylic oxidation sites excluding steroid dienone is 6. The Morgan fingerprint density at radius 1 is 1.10 bits per heavy atom. The molecule has 0 aromatic rings. The van der Waals surface area contributed by atoms with Crippen LogP contribution in [0, 0.1) is 0 Å². The topological polar surface area (TPSA) is 60.4 Å². The van der Waals surface area contributed by atoms with Crippen molar-refractivity contribution in [1.82, 2.24) is 0 Å². The Balaban J connectivity index is 2.04. The van der Waals surface area contributed by atoms with Gasteiger partial charge in [0.05, 0.1) is 6.61 Å². The van der Waals surface area contributed by atoms with Crippen molar-refractivity contribution >= 4 is 17.3 Å². The van der Waals surface area contributed by atoms with Crippen LogP contribution in [0.25, 0.3) is 0 Å². The molecular formula is C16H14O4. The highest BCUT2D eigenvalue weighted by Gasteiger charge is 2.37. The predicted octanol–water partition coefficient (Wildman–Crippen LogP) is 1.63. The Hall–Kier alpha value is -2.07. The molecule has 102 valence electrons. The molecule has 0 spiro atoms. The number of hydrogen-bond acceptors (Lipinski definition) is 4. The smallest absolute Gasteiger partial charge is 0.192 e. The zero-order valence-electron chi connectivity index (χ0n) is 11.1. The van der Waals surface area contributed by atoms with Gasteiger partial charge in [0.25, 0.3) is 0 Å². The van der Waals surface area contributed by atoms with Gasteiger partial charge in [-0.15, -0.1) is 0 Å². The zero-order chi connectivity index (χ0) is 14.3. The first kappa shape index (κ1) is 12.9. The summed E-state index contributed by atoms with van der Waals surface area (Å²) in [5.74, 6) is -0.417. The number of hydrogen-bond donors (Lipinski definition) is 0. The van der Waals surface area contributed by atoms with Gasteiger partial charge in [0, 0.05) is 28.7 Å². The van der Waals surface area contributed by atoms with Crippen molar-refractivity contribution in [3.05, 3.63) is 46.6 Å². The van der Waals surface area contributed by atoms with E-state index < -0.39 is 6.10 Å². The van der Waals surface area contributed by atoms with Crippen LogP contribution >= 0.6 is 0 Å². The second-order valence-corrected chi connectivity index (χ2v) is 5.10. The first-order chi connectivity index (χ1) is 9.59. The molecule has 3 aliphatic rings. The summed E-state index contributed by atoms with van der Waals surface area (Å²) in [5.41, 5.74) is 1.73. The van der Waals surface area contributed by atoms with E-state index in [1.54, 1.807) is 12.2 Å². The van der Waals surface area contributed by atoms with Crippen molar-refractivity contribution < 1.29 is 19.1 Å². The molecule has 20 heavy (non-hydrogen) atoms. The highest BCUT2D eigenvalue weighted by molar-refractivity contribution is 6.27. The minimum absolute atomic E-state index is 0.0402. The maximum Gasteiger partial charge on any atom is 0.192 e. The molecule has 0 saturated carbocycles. The molecule has 0 amide bonds. The van der Waals surface area contributed by atoms with E-state index in [4.69, 9.17) is 4.74 Å². The Kier molecular flexibility index (Phi) is 3.10. The van der Waals surface area contributed by atoms with Crippen LogP contribution in [0.5, 0.6) is 0 Å². The van der Waals surface area contributed by atoms with Gasteiger partial charge in [0.1, 0.15) is 6.10 Å². The summed E-state index contributed by atoms with van der Waals surface area (Å²) in [6.07, 6.45) is 7.41. The maximum atomic E-state index is 12.5. The fraction of sp³-hybridized carbons (Fsp3) is 0.312. The number of rotatable bonds is 1. The van der Waals surface area contributed by atoms with Crippen LogP contribution in [0.2, 0.25) is 0 Å². The van der Waals surface area contributed by atoms with Crippen LogP contribution in [-0.4, -0.2) is 30.1 Å². The molecule has 0 radical (unpaired) electrons. The van der Waals surface area contributed by atoms with Crippen LogP contribution in [0.15, 0.2) is 46.6 Å². The lowest BCUT2D eigenvalue weighted by Gasteiger charge is -2.28. The molecule has 1 heterocycles. The highest BCUT2D eigenvalue weighted by Crippen LogP contribution is 2.33. The van der Waals surface area contributed by atoms with Crippen LogP contribution in [0.3, 0.4) is 0 Å². The second-order valence-electron chi connectivity index (χ2n) is 5.10. The molecular weight excluding hydrogens is 256 g/mol. The van der Waals surface area contributed by atoms with Gasteiger partial charge in [-0.1, -0.05) is 24.3 Å². The molecule has 0 bridgehead atoms. The third-order valence-electron chi connectivity index (χ3n) is 3.80. The number of Topliss-reactive ketones (excluding diaryl/α,β-unsaturated/α-hetero) is 3. The van der Waals surface area contributed by atoms with Gasteiger partial charge in [-0.2, -0.15) is 0 Å². The van der Waals surface area contributed by atoms with E-state index in [0.29, 0.717) is 28.7 Å². The van der Waals surface area contributed by atoms with Gasteiger partial charge in [0.15, 0.2) is 17.3 Å². The Bertz CT molecular complexity index is 643. The standard InChI is InChI=1S/C16H14O4/c1-9(17)14-7-12-13(8-20-14)16(19)11-6-4-2-3-5-10(11)15(12)18/h3-6,14H,2,7-8H2,1H3. The summed E-state index contributed by atoms with van der Waals surface area (Å²) in [6.45, 7) is 1.48. The van der Waals surface area contributed by atoms with Crippen molar-refractivity contribution in [1.29, 1.82) is 0 Å². The summed E-state index contributed by atoms with van der Waals surface area (Å²) < 4.78 is 5.39. The normalized spacial score (nSPS) is 25.6. The number of ether oxygens (including phenoxy) is 1. The van der Waals surface area contributed by atoms with E-state index in [9.17, 15) is 14.4 Å². The van der Waals surface area contributed by atoms with Crippen molar-refractivity contribution in [2.24, 2.45) is 0 Å². The lowest BCUT2D eigenvalue weighted by atomic mass is 9.80. The highest BCUT2D eigenvalue weighted by atomic mass is 16.5. The molecule has 0 aromatic carbocycles. The van der Waals surface area contributed by atoms with E-state index >= 15 is 0 Å². The van der Waals surface area contributed by atoms with Crippen LogP contribution in [0.4, 0.5) is 0 Å². The summed E-state index contributed by atoms with van der Waals surface area (Å²) in [6, 6.07) is 0. The molecule has 0 fully saturated rings. The van der Waals surface area contributed by atoms with E-state index in [-0.39, 0.29) is 30.4 Å². The lowest BCUT2D eigenvalue weighted by molar-refractivity contribution is -0.130. The fourth-order valence-electron chi connectivity index (χ4n) is 2.68. The molecule has 4 nitrogen and oxygen atoms in total. The van der Waals surface area contributed by atoms with E-state index in [2.05, 4.69) is 0 Å². The second kappa shape index (κ2) is 4.80. The van der Waals surface area contributed by atoms with Gasteiger partial charge >= 0.3 is 0 Å². The lowest BCUT2D eigenvalue weighted by Crippen LogP contribution is -2.35. The van der Waals surface area contributed by atoms with Crippen molar-refractivity contribution in [3.63, 3.8) is 0 Å². The van der Waals surface area contributed by atoms with Crippen molar-refractivity contribution in [2.75, 3.05) is 6.61 Å². The minimum atomic E-state index is -0.613. The van der Waals surface area contributed by atoms with Gasteiger partial charge < -0.3 is 4.74 Å². The number of carbonyl (C=O) groups excluding carboxylic acids is 3. The first-order valence-corrected chi connectivity index (χ1v) is 6.60. The number of ketones is 3. The summed E-state index contributed by atoms with van der Waals surface area (Å²) >= 11 is 0. The average Bonchev–Trinajstić information content (AvgIpc) is 2.70. The molecule has 3 rings (SSSR count). The van der Waals surface area contributed by atoms with Gasteiger partial charge in [-0.05, 0) is 13.3 Å². The molecule has 0 aromatic heterocycles. The van der Waals surface area contributed by atoms with Crippen molar-refractivity contribution in [2.45, 2.75) is 25.9 Å². The molecule has 0 saturated heterocycles. The quantitative estimate of drug-likeness (QED) is 0.679. The predicted molar refractivity (Wildman–Crippen MR) is 72.0 cm³/mol. The largest absolute Gasteiger partial charge is 0.365 e. The third-order valence-corrected chi connectivity index (χ3v) is 3.80. The minimum Gasteiger partial charge on any atom is -0.365 e. The van der Waals surface area contributed by atoms with Crippen LogP contribution in [-0.2, 0) is 19.1 Å². The SMILES string of the molecule is CC(=O)C1CC2=C(CO1)C(=O)C1=C(C=CCC=C1)C2=O. The maximum absolute atomic E-state index is 12.5. The molecule has 4 heteroatoms. The monoisotopic (exact) mass is 270 g/mol. The average molecular weight is 270 g/mol. The molecule has 0 N–H and O–H groups in total.